The average molecular weight is 323 g/mol. The predicted octanol–water partition coefficient (Wildman–Crippen LogP) is 8.25. The second kappa shape index (κ2) is 12.4. The van der Waals surface area contributed by atoms with Crippen molar-refractivity contribution >= 4 is 0 Å². The Morgan fingerprint density at radius 3 is 1.91 bits per heavy atom. The monoisotopic (exact) mass is 322 g/mol. The molecule has 0 spiro atoms. The summed E-state index contributed by atoms with van der Waals surface area (Å²) in [4.78, 5) is 0. The topological polar surface area (TPSA) is 0 Å². The molecule has 1 aliphatic rings. The van der Waals surface area contributed by atoms with Gasteiger partial charge < -0.3 is 0 Å². The highest BCUT2D eigenvalue weighted by molar-refractivity contribution is 4.86. The van der Waals surface area contributed by atoms with E-state index in [0.29, 0.717) is 0 Å². The Morgan fingerprint density at radius 2 is 1.26 bits per heavy atom. The molecule has 0 aromatic heterocycles. The summed E-state index contributed by atoms with van der Waals surface area (Å²) in [7, 11) is 0. The number of hydrogen-bond acceptors (Lipinski definition) is 0. The summed E-state index contributed by atoms with van der Waals surface area (Å²) < 4.78 is 0. The molecular weight excluding hydrogens is 276 g/mol. The first-order valence-electron chi connectivity index (χ1n) is 11.1. The Balaban J connectivity index is 1.95. The minimum Gasteiger partial charge on any atom is -0.0654 e. The molecule has 0 saturated heterocycles. The van der Waals surface area contributed by atoms with Crippen LogP contribution in [-0.4, -0.2) is 0 Å². The van der Waals surface area contributed by atoms with Gasteiger partial charge in [-0.05, 0) is 42.4 Å². The third-order valence-electron chi connectivity index (χ3n) is 6.52. The summed E-state index contributed by atoms with van der Waals surface area (Å²) in [5, 5.41) is 0. The summed E-state index contributed by atoms with van der Waals surface area (Å²) >= 11 is 0. The van der Waals surface area contributed by atoms with E-state index in [2.05, 4.69) is 34.6 Å². The van der Waals surface area contributed by atoms with E-state index in [9.17, 15) is 0 Å². The lowest BCUT2D eigenvalue weighted by Gasteiger charge is -2.16. The molecule has 1 fully saturated rings. The zero-order valence-corrected chi connectivity index (χ0v) is 17.1. The molecule has 5 atom stereocenters. The second-order valence-electron chi connectivity index (χ2n) is 9.06. The van der Waals surface area contributed by atoms with Gasteiger partial charge >= 0.3 is 0 Å². The van der Waals surface area contributed by atoms with Crippen molar-refractivity contribution in [3.8, 4) is 0 Å². The van der Waals surface area contributed by atoms with Gasteiger partial charge in [-0.2, -0.15) is 0 Å². The van der Waals surface area contributed by atoms with E-state index in [1.54, 1.807) is 6.42 Å². The molecule has 1 saturated carbocycles. The van der Waals surface area contributed by atoms with Crippen LogP contribution in [0.25, 0.3) is 0 Å². The fourth-order valence-corrected chi connectivity index (χ4v) is 4.05. The lowest BCUT2D eigenvalue weighted by Crippen LogP contribution is -2.02. The molecule has 0 nitrogen and oxygen atoms in total. The maximum atomic E-state index is 2.50. The Labute approximate surface area is 148 Å². The average Bonchev–Trinajstić information content (AvgIpc) is 3.29. The third kappa shape index (κ3) is 10.5. The van der Waals surface area contributed by atoms with Crippen molar-refractivity contribution in [1.29, 1.82) is 0 Å². The van der Waals surface area contributed by atoms with Crippen LogP contribution in [0.15, 0.2) is 0 Å². The van der Waals surface area contributed by atoms with Gasteiger partial charge in [0.05, 0.1) is 0 Å². The highest BCUT2D eigenvalue weighted by Gasteiger charge is 2.35. The number of unbranched alkanes of at least 4 members (excludes halogenated alkanes) is 2. The van der Waals surface area contributed by atoms with Crippen LogP contribution >= 0.6 is 0 Å². The molecule has 5 unspecified atom stereocenters. The molecule has 1 aliphatic carbocycles. The molecule has 0 heteroatoms. The van der Waals surface area contributed by atoms with E-state index in [1.807, 2.05) is 0 Å². The first-order chi connectivity index (χ1) is 11.1. The first-order valence-corrected chi connectivity index (χ1v) is 11.1. The summed E-state index contributed by atoms with van der Waals surface area (Å²) in [5.74, 6) is 5.08. The molecule has 1 rings (SSSR count). The van der Waals surface area contributed by atoms with Gasteiger partial charge in [-0.1, -0.05) is 105 Å². The molecule has 0 aromatic carbocycles. The van der Waals surface area contributed by atoms with Crippen LogP contribution in [0.4, 0.5) is 0 Å². The third-order valence-corrected chi connectivity index (χ3v) is 6.52. The summed E-state index contributed by atoms with van der Waals surface area (Å²) in [6.45, 7) is 12.0. The summed E-state index contributed by atoms with van der Waals surface area (Å²) in [6, 6.07) is 0. The van der Waals surface area contributed by atoms with Gasteiger partial charge in [-0.15, -0.1) is 0 Å². The maximum Gasteiger partial charge on any atom is -0.0383 e. The van der Waals surface area contributed by atoms with Gasteiger partial charge in [0.15, 0.2) is 0 Å². The van der Waals surface area contributed by atoms with Gasteiger partial charge in [0.25, 0.3) is 0 Å². The minimum absolute atomic E-state index is 0.935. The Hall–Kier alpha value is 0. The fourth-order valence-electron chi connectivity index (χ4n) is 4.05. The van der Waals surface area contributed by atoms with E-state index in [1.165, 1.54) is 77.0 Å². The number of hydrogen-bond donors (Lipinski definition) is 0. The SMILES string of the molecule is CCCCCC1CC1CCC(C)CCC(C)CCCC(C)CC. The highest BCUT2D eigenvalue weighted by atomic mass is 14.4. The molecule has 0 aliphatic heterocycles. The molecule has 23 heavy (non-hydrogen) atoms. The van der Waals surface area contributed by atoms with Gasteiger partial charge in [0.2, 0.25) is 0 Å². The molecule has 0 aromatic rings. The van der Waals surface area contributed by atoms with Gasteiger partial charge in [-0.3, -0.25) is 0 Å². The van der Waals surface area contributed by atoms with Crippen LogP contribution in [0.5, 0.6) is 0 Å². The van der Waals surface area contributed by atoms with Crippen molar-refractivity contribution < 1.29 is 0 Å². The van der Waals surface area contributed by atoms with Crippen molar-refractivity contribution in [1.82, 2.24) is 0 Å². The zero-order valence-electron chi connectivity index (χ0n) is 17.1. The maximum absolute atomic E-state index is 2.50. The fraction of sp³-hybridized carbons (Fsp3) is 1.00. The molecule has 0 N–H and O–H groups in total. The predicted molar refractivity (Wildman–Crippen MR) is 106 cm³/mol. The molecule has 0 bridgehead atoms. The Morgan fingerprint density at radius 1 is 0.652 bits per heavy atom. The van der Waals surface area contributed by atoms with E-state index in [0.717, 1.165) is 29.6 Å². The Bertz CT molecular complexity index is 269. The van der Waals surface area contributed by atoms with E-state index >= 15 is 0 Å². The van der Waals surface area contributed by atoms with Crippen LogP contribution in [0.2, 0.25) is 0 Å². The van der Waals surface area contributed by atoms with Crippen molar-refractivity contribution in [2.45, 2.75) is 118 Å². The molecular formula is C23H46. The second-order valence-corrected chi connectivity index (χ2v) is 9.06. The largest absolute Gasteiger partial charge is 0.0654 e. The van der Waals surface area contributed by atoms with Crippen LogP contribution in [0, 0.1) is 29.6 Å². The van der Waals surface area contributed by atoms with Crippen molar-refractivity contribution in [3.63, 3.8) is 0 Å². The van der Waals surface area contributed by atoms with Gasteiger partial charge in [0, 0.05) is 0 Å². The van der Waals surface area contributed by atoms with Crippen LogP contribution in [0.3, 0.4) is 0 Å². The molecule has 0 amide bonds. The van der Waals surface area contributed by atoms with Crippen LogP contribution in [0.1, 0.15) is 118 Å². The molecule has 0 radical (unpaired) electrons. The quantitative estimate of drug-likeness (QED) is 0.266. The zero-order chi connectivity index (χ0) is 17.1. The molecule has 138 valence electrons. The van der Waals surface area contributed by atoms with E-state index in [4.69, 9.17) is 0 Å². The van der Waals surface area contributed by atoms with Crippen molar-refractivity contribution in [2.24, 2.45) is 29.6 Å². The van der Waals surface area contributed by atoms with Gasteiger partial charge in [-0.25, -0.2) is 0 Å². The van der Waals surface area contributed by atoms with Gasteiger partial charge in [0.1, 0.15) is 0 Å². The van der Waals surface area contributed by atoms with E-state index in [-0.39, 0.29) is 0 Å². The molecule has 0 heterocycles. The van der Waals surface area contributed by atoms with Crippen LogP contribution < -0.4 is 0 Å². The standard InChI is InChI=1S/C23H46/c1-6-8-9-13-22-18-23(22)17-16-21(5)15-14-20(4)12-10-11-19(3)7-2/h19-23H,6-18H2,1-5H3. The minimum atomic E-state index is 0.935. The lowest BCUT2D eigenvalue weighted by atomic mass is 9.90. The van der Waals surface area contributed by atoms with E-state index < -0.39 is 0 Å². The smallest absolute Gasteiger partial charge is 0.0383 e. The summed E-state index contributed by atoms with van der Waals surface area (Å²) in [6.07, 6.45) is 19.1. The Kier molecular flexibility index (Phi) is 11.3. The summed E-state index contributed by atoms with van der Waals surface area (Å²) in [5.41, 5.74) is 0. The lowest BCUT2D eigenvalue weighted by molar-refractivity contribution is 0.364. The van der Waals surface area contributed by atoms with Crippen LogP contribution in [-0.2, 0) is 0 Å². The van der Waals surface area contributed by atoms with Crippen molar-refractivity contribution in [3.05, 3.63) is 0 Å². The van der Waals surface area contributed by atoms with Crippen molar-refractivity contribution in [2.75, 3.05) is 0 Å². The first kappa shape index (κ1) is 21.0. The highest BCUT2D eigenvalue weighted by Crippen LogP contribution is 2.46. The number of rotatable bonds is 15. The normalized spacial score (nSPS) is 24.4.